The van der Waals surface area contributed by atoms with Gasteiger partial charge in [-0.05, 0) is 48.7 Å². The molecule has 0 aliphatic carbocycles. The monoisotopic (exact) mass is 419 g/mol. The molecule has 5 nitrogen and oxygen atoms in total. The van der Waals surface area contributed by atoms with Gasteiger partial charge in [0.15, 0.2) is 0 Å². The summed E-state index contributed by atoms with van der Waals surface area (Å²) in [6.07, 6.45) is -1.15. The van der Waals surface area contributed by atoms with E-state index in [-0.39, 0.29) is 11.6 Å². The fraction of sp³-hybridized carbons (Fsp3) is 0.353. The summed E-state index contributed by atoms with van der Waals surface area (Å²) in [5.74, 6) is 0.728. The van der Waals surface area contributed by atoms with Crippen LogP contribution in [0.1, 0.15) is 24.0 Å². The lowest BCUT2D eigenvalue weighted by Crippen LogP contribution is -2.26. The number of halogens is 4. The minimum Gasteiger partial charge on any atom is -0.357 e. The van der Waals surface area contributed by atoms with Crippen molar-refractivity contribution in [3.8, 4) is 0 Å². The average molecular weight is 420 g/mol. The van der Waals surface area contributed by atoms with Crippen LogP contribution in [0.25, 0.3) is 0 Å². The third-order valence-corrected chi connectivity index (χ3v) is 5.94. The summed E-state index contributed by atoms with van der Waals surface area (Å²) >= 11 is 5.60. The second-order valence-electron chi connectivity index (χ2n) is 6.18. The number of nitrogens with zero attached hydrogens (tertiary/aromatic N) is 2. The van der Waals surface area contributed by atoms with Crippen LogP contribution in [0.4, 0.5) is 19.0 Å². The van der Waals surface area contributed by atoms with E-state index in [1.807, 2.05) is 0 Å². The molecule has 146 valence electrons. The van der Waals surface area contributed by atoms with Crippen LogP contribution >= 0.6 is 11.6 Å². The van der Waals surface area contributed by atoms with Gasteiger partial charge in [0, 0.05) is 30.9 Å². The molecule has 0 bridgehead atoms. The molecule has 0 spiro atoms. The molecule has 0 atom stereocenters. The normalized spacial score (nSPS) is 15.3. The second kappa shape index (κ2) is 7.65. The van der Waals surface area contributed by atoms with Crippen molar-refractivity contribution in [3.05, 3.63) is 52.7 Å². The molecule has 2 heterocycles. The Kier molecular flexibility index (Phi) is 5.64. The number of sulfonamides is 1. The molecule has 0 amide bonds. The minimum absolute atomic E-state index is 0.147. The van der Waals surface area contributed by atoms with Crippen LogP contribution in [0.2, 0.25) is 5.02 Å². The zero-order chi connectivity index (χ0) is 19.7. The summed E-state index contributed by atoms with van der Waals surface area (Å²) in [4.78, 5) is 5.49. The Balaban J connectivity index is 1.81. The summed E-state index contributed by atoms with van der Waals surface area (Å²) in [5.41, 5.74) is -0.687. The molecule has 27 heavy (non-hydrogen) atoms. The van der Waals surface area contributed by atoms with Gasteiger partial charge in [-0.3, -0.25) is 0 Å². The molecular formula is C17H17ClF3N3O2S. The third-order valence-electron chi connectivity index (χ3n) is 4.24. The van der Waals surface area contributed by atoms with Gasteiger partial charge in [-0.1, -0.05) is 11.6 Å². The first kappa shape index (κ1) is 19.9. The lowest BCUT2D eigenvalue weighted by atomic mass is 10.2. The van der Waals surface area contributed by atoms with E-state index in [2.05, 4.69) is 14.6 Å². The van der Waals surface area contributed by atoms with Gasteiger partial charge in [0.05, 0.1) is 10.5 Å². The summed E-state index contributed by atoms with van der Waals surface area (Å²) < 4.78 is 66.7. The molecule has 0 unspecified atom stereocenters. The van der Waals surface area contributed by atoms with Crippen molar-refractivity contribution in [2.24, 2.45) is 0 Å². The molecule has 10 heteroatoms. The molecular weight excluding hydrogens is 403 g/mol. The number of nitrogens with one attached hydrogen (secondary N) is 1. The van der Waals surface area contributed by atoms with Crippen LogP contribution in [-0.4, -0.2) is 26.5 Å². The van der Waals surface area contributed by atoms with Gasteiger partial charge in [0.1, 0.15) is 5.82 Å². The maximum absolute atomic E-state index is 13.2. The number of rotatable bonds is 5. The molecule has 0 radical (unpaired) electrons. The first-order valence-electron chi connectivity index (χ1n) is 8.23. The predicted molar refractivity (Wildman–Crippen MR) is 96.2 cm³/mol. The van der Waals surface area contributed by atoms with Gasteiger partial charge in [0.2, 0.25) is 10.0 Å². The van der Waals surface area contributed by atoms with Gasteiger partial charge in [0.25, 0.3) is 0 Å². The lowest BCUT2D eigenvalue weighted by molar-refractivity contribution is -0.139. The van der Waals surface area contributed by atoms with E-state index in [4.69, 9.17) is 11.6 Å². The highest BCUT2D eigenvalue weighted by molar-refractivity contribution is 7.89. The van der Waals surface area contributed by atoms with Crippen LogP contribution in [0.5, 0.6) is 0 Å². The quantitative estimate of drug-likeness (QED) is 0.800. The number of pyridine rings is 1. The maximum Gasteiger partial charge on any atom is 0.417 e. The highest BCUT2D eigenvalue weighted by Gasteiger charge is 2.37. The molecule has 0 saturated carbocycles. The van der Waals surface area contributed by atoms with Crippen LogP contribution in [-0.2, 0) is 22.7 Å². The zero-order valence-electron chi connectivity index (χ0n) is 14.1. The van der Waals surface area contributed by atoms with Crippen molar-refractivity contribution in [1.82, 2.24) is 9.71 Å². The highest BCUT2D eigenvalue weighted by atomic mass is 35.5. The van der Waals surface area contributed by atoms with E-state index >= 15 is 0 Å². The first-order chi connectivity index (χ1) is 12.7. The molecule has 1 aromatic heterocycles. The Hall–Kier alpha value is -1.84. The topological polar surface area (TPSA) is 62.3 Å². The molecule has 2 aromatic rings. The minimum atomic E-state index is -4.84. The molecule has 3 rings (SSSR count). The average Bonchev–Trinajstić information content (AvgIpc) is 3.14. The Bertz CT molecular complexity index is 929. The van der Waals surface area contributed by atoms with E-state index in [0.29, 0.717) is 11.6 Å². The van der Waals surface area contributed by atoms with Crippen molar-refractivity contribution >= 4 is 27.4 Å². The number of aromatic nitrogens is 1. The van der Waals surface area contributed by atoms with Gasteiger partial charge in [-0.15, -0.1) is 0 Å². The number of alkyl halides is 3. The Morgan fingerprint density at radius 1 is 1.15 bits per heavy atom. The van der Waals surface area contributed by atoms with Crippen molar-refractivity contribution in [2.45, 2.75) is 30.5 Å². The van der Waals surface area contributed by atoms with Gasteiger partial charge in [-0.25, -0.2) is 18.1 Å². The third kappa shape index (κ3) is 4.72. The first-order valence-corrected chi connectivity index (χ1v) is 10.1. The van der Waals surface area contributed by atoms with E-state index in [0.717, 1.165) is 43.9 Å². The van der Waals surface area contributed by atoms with E-state index in [9.17, 15) is 21.6 Å². The molecule has 1 N–H and O–H groups in total. The van der Waals surface area contributed by atoms with Crippen molar-refractivity contribution < 1.29 is 21.6 Å². The van der Waals surface area contributed by atoms with Crippen molar-refractivity contribution in [2.75, 3.05) is 18.0 Å². The van der Waals surface area contributed by atoms with Gasteiger partial charge >= 0.3 is 6.18 Å². The second-order valence-corrected chi connectivity index (χ2v) is 8.35. The lowest BCUT2D eigenvalue weighted by Gasteiger charge is -2.17. The Morgan fingerprint density at radius 2 is 1.85 bits per heavy atom. The number of benzene rings is 1. The van der Waals surface area contributed by atoms with Gasteiger partial charge in [-0.2, -0.15) is 13.2 Å². The van der Waals surface area contributed by atoms with Crippen LogP contribution in [0.15, 0.2) is 41.4 Å². The number of hydrogen-bond acceptors (Lipinski definition) is 4. The molecule has 1 saturated heterocycles. The Labute approximate surface area is 160 Å². The summed E-state index contributed by atoms with van der Waals surface area (Å²) in [7, 11) is -4.38. The standard InChI is InChI=1S/C17H17ClF3N3O2S/c18-13-3-4-15(14(10-13)17(19,20)21)27(25,26)23-11-12-5-6-22-16(9-12)24-7-1-2-8-24/h3-6,9-10,23H,1-2,7-8,11H2. The van der Waals surface area contributed by atoms with Gasteiger partial charge < -0.3 is 4.90 Å². The fourth-order valence-electron chi connectivity index (χ4n) is 2.90. The van der Waals surface area contributed by atoms with E-state index in [1.54, 1.807) is 18.3 Å². The summed E-state index contributed by atoms with van der Waals surface area (Å²) in [5, 5.41) is -0.189. The van der Waals surface area contributed by atoms with Crippen molar-refractivity contribution in [3.63, 3.8) is 0 Å². The fourth-order valence-corrected chi connectivity index (χ4v) is 4.30. The van der Waals surface area contributed by atoms with Crippen LogP contribution in [0.3, 0.4) is 0 Å². The highest BCUT2D eigenvalue weighted by Crippen LogP contribution is 2.35. The molecule has 1 aliphatic heterocycles. The smallest absolute Gasteiger partial charge is 0.357 e. The number of hydrogen-bond donors (Lipinski definition) is 1. The van der Waals surface area contributed by atoms with Crippen molar-refractivity contribution in [1.29, 1.82) is 0 Å². The van der Waals surface area contributed by atoms with Crippen LogP contribution < -0.4 is 9.62 Å². The SMILES string of the molecule is O=S(=O)(NCc1ccnc(N2CCCC2)c1)c1ccc(Cl)cc1C(F)(F)F. The molecule has 1 aliphatic rings. The zero-order valence-corrected chi connectivity index (χ0v) is 15.7. The van der Waals surface area contributed by atoms with E-state index < -0.39 is 26.7 Å². The predicted octanol–water partition coefficient (Wildman–Crippen LogP) is 3.83. The maximum atomic E-state index is 13.2. The largest absolute Gasteiger partial charge is 0.417 e. The van der Waals surface area contributed by atoms with E-state index in [1.165, 1.54) is 0 Å². The molecule has 1 aromatic carbocycles. The summed E-state index contributed by atoms with van der Waals surface area (Å²) in [6, 6.07) is 5.93. The Morgan fingerprint density at radius 3 is 2.52 bits per heavy atom. The van der Waals surface area contributed by atoms with Crippen LogP contribution in [0, 0.1) is 0 Å². The number of anilines is 1. The molecule has 1 fully saturated rings. The summed E-state index contributed by atoms with van der Waals surface area (Å²) in [6.45, 7) is 1.61.